The highest BCUT2D eigenvalue weighted by Gasteiger charge is 2.16. The second-order valence-electron chi connectivity index (χ2n) is 3.33. The third-order valence-corrected chi connectivity index (χ3v) is 2.99. The Kier molecular flexibility index (Phi) is 2.44. The summed E-state index contributed by atoms with van der Waals surface area (Å²) in [7, 11) is 0. The number of nitro groups is 1. The number of nitrogens with zero attached hydrogens (tertiary/aromatic N) is 1. The molecule has 2 aromatic rings. The first kappa shape index (κ1) is 10.1. The number of nitro benzene ring substituents is 1. The minimum atomic E-state index is -0.329. The quantitative estimate of drug-likeness (QED) is 0.581. The zero-order chi connectivity index (χ0) is 11.0. The van der Waals surface area contributed by atoms with Crippen LogP contribution in [-0.4, -0.2) is 4.92 Å². The van der Waals surface area contributed by atoms with Crippen molar-refractivity contribution in [3.63, 3.8) is 0 Å². The topological polar surface area (TPSA) is 43.1 Å². The number of halogens is 1. The third-order valence-electron chi connectivity index (χ3n) is 2.34. The van der Waals surface area contributed by atoms with Crippen LogP contribution in [0.3, 0.4) is 0 Å². The molecule has 0 unspecified atom stereocenters. The van der Waals surface area contributed by atoms with E-state index >= 15 is 0 Å². The molecule has 0 heterocycles. The van der Waals surface area contributed by atoms with Crippen LogP contribution in [0, 0.1) is 17.0 Å². The largest absolute Gasteiger partial charge is 0.280 e. The molecule has 0 radical (unpaired) electrons. The molecule has 0 spiro atoms. The maximum atomic E-state index is 10.9. The van der Waals surface area contributed by atoms with Crippen LogP contribution in [0.5, 0.6) is 0 Å². The second kappa shape index (κ2) is 3.62. The van der Waals surface area contributed by atoms with Crippen LogP contribution in [0.15, 0.2) is 34.8 Å². The molecule has 0 aliphatic carbocycles. The molecule has 4 heteroatoms. The van der Waals surface area contributed by atoms with Crippen LogP contribution in [-0.2, 0) is 0 Å². The van der Waals surface area contributed by atoms with Crippen LogP contribution in [0.1, 0.15) is 5.56 Å². The van der Waals surface area contributed by atoms with Gasteiger partial charge < -0.3 is 0 Å². The maximum absolute atomic E-state index is 10.9. The Morgan fingerprint density at radius 3 is 2.47 bits per heavy atom. The van der Waals surface area contributed by atoms with Gasteiger partial charge in [-0.1, -0.05) is 34.1 Å². The molecule has 15 heavy (non-hydrogen) atoms. The van der Waals surface area contributed by atoms with Gasteiger partial charge in [-0.05, 0) is 19.1 Å². The highest BCUT2D eigenvalue weighted by molar-refractivity contribution is 9.10. The van der Waals surface area contributed by atoms with Crippen molar-refractivity contribution in [2.24, 2.45) is 0 Å². The molecule has 2 aromatic carbocycles. The summed E-state index contributed by atoms with van der Waals surface area (Å²) in [5, 5.41) is 12.5. The molecule has 0 aliphatic heterocycles. The van der Waals surface area contributed by atoms with Crippen molar-refractivity contribution in [2.45, 2.75) is 6.92 Å². The fourth-order valence-electron chi connectivity index (χ4n) is 1.69. The average Bonchev–Trinajstić information content (AvgIpc) is 2.17. The van der Waals surface area contributed by atoms with Crippen LogP contribution in [0.4, 0.5) is 5.69 Å². The lowest BCUT2D eigenvalue weighted by atomic mass is 10.1. The van der Waals surface area contributed by atoms with Gasteiger partial charge in [0.25, 0.3) is 5.69 Å². The normalized spacial score (nSPS) is 10.5. The summed E-state index contributed by atoms with van der Waals surface area (Å²) in [6, 6.07) is 9.09. The van der Waals surface area contributed by atoms with Crippen LogP contribution in [0.25, 0.3) is 10.8 Å². The van der Waals surface area contributed by atoms with Gasteiger partial charge in [-0.15, -0.1) is 0 Å². The zero-order valence-electron chi connectivity index (χ0n) is 8.03. The molecule has 2 rings (SSSR count). The average molecular weight is 266 g/mol. The Balaban J connectivity index is 2.96. The second-order valence-corrected chi connectivity index (χ2v) is 4.18. The van der Waals surface area contributed by atoms with Gasteiger partial charge in [0, 0.05) is 15.4 Å². The van der Waals surface area contributed by atoms with E-state index in [9.17, 15) is 10.1 Å². The molecule has 0 amide bonds. The molecule has 0 saturated heterocycles. The predicted octanol–water partition coefficient (Wildman–Crippen LogP) is 3.82. The number of hydrogen-bond acceptors (Lipinski definition) is 2. The predicted molar refractivity (Wildman–Crippen MR) is 63.0 cm³/mol. The van der Waals surface area contributed by atoms with E-state index in [0.717, 1.165) is 9.86 Å². The Morgan fingerprint density at radius 1 is 1.27 bits per heavy atom. The van der Waals surface area contributed by atoms with Crippen molar-refractivity contribution in [1.29, 1.82) is 0 Å². The lowest BCUT2D eigenvalue weighted by Crippen LogP contribution is -1.93. The van der Waals surface area contributed by atoms with Crippen molar-refractivity contribution in [3.8, 4) is 0 Å². The van der Waals surface area contributed by atoms with E-state index < -0.39 is 0 Å². The maximum Gasteiger partial charge on any atom is 0.280 e. The lowest BCUT2D eigenvalue weighted by molar-refractivity contribution is -0.383. The number of fused-ring (bicyclic) bond motifs is 1. The first-order valence-corrected chi connectivity index (χ1v) is 5.23. The Morgan fingerprint density at radius 2 is 1.87 bits per heavy atom. The number of benzene rings is 2. The Bertz CT molecular complexity index is 552. The summed E-state index contributed by atoms with van der Waals surface area (Å²) in [4.78, 5) is 10.6. The number of aryl methyl sites for hydroxylation is 1. The SMILES string of the molecule is Cc1cc(Br)c2ccccc2c1[N+](=O)[O-]. The van der Waals surface area contributed by atoms with E-state index in [2.05, 4.69) is 15.9 Å². The molecule has 0 atom stereocenters. The molecule has 0 fully saturated rings. The minimum absolute atomic E-state index is 0.189. The van der Waals surface area contributed by atoms with Gasteiger partial charge in [-0.25, -0.2) is 0 Å². The zero-order valence-corrected chi connectivity index (χ0v) is 9.61. The van der Waals surface area contributed by atoms with Crippen molar-refractivity contribution in [1.82, 2.24) is 0 Å². The summed E-state index contributed by atoms with van der Waals surface area (Å²) in [5.74, 6) is 0. The summed E-state index contributed by atoms with van der Waals surface area (Å²) >= 11 is 3.41. The molecule has 0 saturated carbocycles. The van der Waals surface area contributed by atoms with E-state index in [4.69, 9.17) is 0 Å². The summed E-state index contributed by atoms with van der Waals surface area (Å²) < 4.78 is 0.890. The summed E-state index contributed by atoms with van der Waals surface area (Å²) in [5.41, 5.74) is 0.861. The van der Waals surface area contributed by atoms with Crippen LogP contribution < -0.4 is 0 Å². The van der Waals surface area contributed by atoms with Crippen LogP contribution in [0.2, 0.25) is 0 Å². The van der Waals surface area contributed by atoms with Gasteiger partial charge in [-0.2, -0.15) is 0 Å². The van der Waals surface area contributed by atoms with E-state index in [0.29, 0.717) is 10.9 Å². The van der Waals surface area contributed by atoms with Gasteiger partial charge in [0.2, 0.25) is 0 Å². The Hall–Kier alpha value is -1.42. The highest BCUT2D eigenvalue weighted by atomic mass is 79.9. The van der Waals surface area contributed by atoms with Gasteiger partial charge in [0.1, 0.15) is 0 Å². The lowest BCUT2D eigenvalue weighted by Gasteiger charge is -2.04. The monoisotopic (exact) mass is 265 g/mol. The van der Waals surface area contributed by atoms with Crippen LogP contribution >= 0.6 is 15.9 Å². The number of rotatable bonds is 1. The summed E-state index contributed by atoms with van der Waals surface area (Å²) in [6.07, 6.45) is 0. The van der Waals surface area contributed by atoms with Crippen molar-refractivity contribution >= 4 is 32.4 Å². The smallest absolute Gasteiger partial charge is 0.258 e. The molecular formula is C11H8BrNO2. The minimum Gasteiger partial charge on any atom is -0.258 e. The molecular weight excluding hydrogens is 258 g/mol. The van der Waals surface area contributed by atoms with E-state index in [1.54, 1.807) is 25.1 Å². The van der Waals surface area contributed by atoms with E-state index in [1.165, 1.54) is 0 Å². The van der Waals surface area contributed by atoms with Crippen molar-refractivity contribution < 1.29 is 4.92 Å². The van der Waals surface area contributed by atoms with E-state index in [1.807, 2.05) is 12.1 Å². The molecule has 3 nitrogen and oxygen atoms in total. The van der Waals surface area contributed by atoms with Crippen molar-refractivity contribution in [2.75, 3.05) is 0 Å². The highest BCUT2D eigenvalue weighted by Crippen LogP contribution is 2.34. The molecule has 0 aromatic heterocycles. The molecule has 0 bridgehead atoms. The molecule has 0 N–H and O–H groups in total. The Labute approximate surface area is 95.0 Å². The van der Waals surface area contributed by atoms with Gasteiger partial charge in [0.05, 0.1) is 10.3 Å². The summed E-state index contributed by atoms with van der Waals surface area (Å²) in [6.45, 7) is 1.75. The van der Waals surface area contributed by atoms with Gasteiger partial charge in [0.15, 0.2) is 0 Å². The van der Waals surface area contributed by atoms with Gasteiger partial charge in [-0.3, -0.25) is 10.1 Å². The fourth-order valence-corrected chi connectivity index (χ4v) is 2.38. The van der Waals surface area contributed by atoms with Gasteiger partial charge >= 0.3 is 0 Å². The number of hydrogen-bond donors (Lipinski definition) is 0. The van der Waals surface area contributed by atoms with Crippen molar-refractivity contribution in [3.05, 3.63) is 50.5 Å². The first-order valence-electron chi connectivity index (χ1n) is 4.43. The third kappa shape index (κ3) is 1.61. The molecule has 76 valence electrons. The fraction of sp³-hybridized carbons (Fsp3) is 0.0909. The van der Waals surface area contributed by atoms with E-state index in [-0.39, 0.29) is 10.6 Å². The molecule has 0 aliphatic rings. The standard InChI is InChI=1S/C11H8BrNO2/c1-7-6-10(12)8-4-2-3-5-9(8)11(7)13(14)15/h2-6H,1H3. The first-order chi connectivity index (χ1) is 7.11.